The van der Waals surface area contributed by atoms with Crippen LogP contribution in [0.25, 0.3) is 0 Å². The zero-order valence-corrected chi connectivity index (χ0v) is 15.3. The van der Waals surface area contributed by atoms with Gasteiger partial charge in [0.15, 0.2) is 0 Å². The first-order chi connectivity index (χ1) is 12.2. The summed E-state index contributed by atoms with van der Waals surface area (Å²) < 4.78 is 5.16. The molecule has 5 heteroatoms. The second-order valence-electron chi connectivity index (χ2n) is 6.53. The molecule has 1 atom stereocenters. The summed E-state index contributed by atoms with van der Waals surface area (Å²) in [6, 6.07) is 9.68. The molecule has 25 heavy (non-hydrogen) atoms. The zero-order chi connectivity index (χ0) is 18.2. The molecule has 142 valence electrons. The summed E-state index contributed by atoms with van der Waals surface area (Å²) in [6.07, 6.45) is 10.2. The molecule has 0 aromatic heterocycles. The average Bonchev–Trinajstić information content (AvgIpc) is 2.61. The Bertz CT molecular complexity index is 438. The molecule has 1 amide bonds. The van der Waals surface area contributed by atoms with E-state index in [0.717, 1.165) is 31.2 Å². The van der Waals surface area contributed by atoms with Gasteiger partial charge >= 0.3 is 6.09 Å². The number of hydrogen-bond donors (Lipinski definition) is 3. The minimum atomic E-state index is -0.649. The van der Waals surface area contributed by atoms with Gasteiger partial charge in [0.05, 0.1) is 0 Å². The van der Waals surface area contributed by atoms with Gasteiger partial charge in [-0.2, -0.15) is 0 Å². The Hall–Kier alpha value is -1.59. The molecule has 1 rings (SSSR count). The number of nitrogens with two attached hydrogens (primary N) is 1. The largest absolute Gasteiger partial charge is 0.445 e. The lowest BCUT2D eigenvalue weighted by Gasteiger charge is -2.07. The van der Waals surface area contributed by atoms with E-state index in [0.29, 0.717) is 19.6 Å². The molecule has 1 aromatic rings. The maximum atomic E-state index is 11.6. The number of amides is 1. The van der Waals surface area contributed by atoms with Gasteiger partial charge in [-0.15, -0.1) is 0 Å². The monoisotopic (exact) mass is 350 g/mol. The lowest BCUT2D eigenvalue weighted by Crippen LogP contribution is -2.25. The number of aliphatic hydroxyl groups is 1. The van der Waals surface area contributed by atoms with Crippen LogP contribution in [0.5, 0.6) is 0 Å². The molecule has 0 heterocycles. The van der Waals surface area contributed by atoms with Crippen LogP contribution in [-0.2, 0) is 11.3 Å². The van der Waals surface area contributed by atoms with Crippen molar-refractivity contribution in [1.29, 1.82) is 0 Å². The lowest BCUT2D eigenvalue weighted by atomic mass is 10.1. The van der Waals surface area contributed by atoms with Gasteiger partial charge in [0.1, 0.15) is 12.8 Å². The molecule has 1 aromatic carbocycles. The number of aliphatic hydroxyl groups excluding tert-OH is 1. The van der Waals surface area contributed by atoms with Crippen molar-refractivity contribution < 1.29 is 14.6 Å². The summed E-state index contributed by atoms with van der Waals surface area (Å²) in [6.45, 7) is 0.992. The number of hydrogen-bond acceptors (Lipinski definition) is 4. The van der Waals surface area contributed by atoms with Crippen molar-refractivity contribution >= 4 is 6.09 Å². The highest BCUT2D eigenvalue weighted by Gasteiger charge is 2.01. The van der Waals surface area contributed by atoms with Crippen LogP contribution < -0.4 is 11.1 Å². The first-order valence-corrected chi connectivity index (χ1v) is 9.56. The lowest BCUT2D eigenvalue weighted by molar-refractivity contribution is 0.139. The van der Waals surface area contributed by atoms with Crippen molar-refractivity contribution in [3.63, 3.8) is 0 Å². The summed E-state index contributed by atoms with van der Waals surface area (Å²) in [5, 5.41) is 11.8. The summed E-state index contributed by atoms with van der Waals surface area (Å²) in [7, 11) is 0. The van der Waals surface area contributed by atoms with Crippen LogP contribution in [0.15, 0.2) is 30.3 Å². The molecular formula is C20H34N2O3. The normalized spacial score (nSPS) is 11.9. The van der Waals surface area contributed by atoms with Crippen molar-refractivity contribution in [2.24, 2.45) is 5.73 Å². The van der Waals surface area contributed by atoms with Crippen molar-refractivity contribution in [3.05, 3.63) is 35.9 Å². The summed E-state index contributed by atoms with van der Waals surface area (Å²) in [5.41, 5.74) is 6.29. The average molecular weight is 351 g/mol. The van der Waals surface area contributed by atoms with E-state index in [1.54, 1.807) is 0 Å². The highest BCUT2D eigenvalue weighted by Crippen LogP contribution is 2.10. The van der Waals surface area contributed by atoms with E-state index in [1.807, 2.05) is 30.3 Å². The number of ether oxygens (including phenoxy) is 1. The van der Waals surface area contributed by atoms with Gasteiger partial charge in [0.25, 0.3) is 0 Å². The molecule has 0 spiro atoms. The molecule has 1 unspecified atom stereocenters. The first kappa shape index (κ1) is 21.5. The first-order valence-electron chi connectivity index (χ1n) is 9.56. The van der Waals surface area contributed by atoms with Crippen molar-refractivity contribution in [2.45, 2.75) is 77.0 Å². The molecule has 0 saturated heterocycles. The quantitative estimate of drug-likeness (QED) is 0.348. The van der Waals surface area contributed by atoms with Gasteiger partial charge in [-0.1, -0.05) is 75.3 Å². The second kappa shape index (κ2) is 14.7. The molecule has 0 fully saturated rings. The predicted octanol–water partition coefficient (Wildman–Crippen LogP) is 4.09. The fraction of sp³-hybridized carbons (Fsp3) is 0.650. The highest BCUT2D eigenvalue weighted by molar-refractivity contribution is 5.67. The van der Waals surface area contributed by atoms with E-state index in [-0.39, 0.29) is 6.09 Å². The van der Waals surface area contributed by atoms with Crippen molar-refractivity contribution in [1.82, 2.24) is 5.32 Å². The Balaban J connectivity index is 1.81. The number of alkyl carbamates (subject to hydrolysis) is 1. The number of nitrogens with one attached hydrogen (secondary N) is 1. The van der Waals surface area contributed by atoms with Gasteiger partial charge in [-0.3, -0.25) is 0 Å². The Labute approximate surface area is 151 Å². The Morgan fingerprint density at radius 2 is 1.52 bits per heavy atom. The molecule has 0 radical (unpaired) electrons. The van der Waals surface area contributed by atoms with Crippen molar-refractivity contribution in [3.8, 4) is 0 Å². The van der Waals surface area contributed by atoms with E-state index in [4.69, 9.17) is 15.6 Å². The number of unbranched alkanes of at least 4 members (excludes halogenated alkanes) is 8. The molecule has 0 aliphatic rings. The third-order valence-electron chi connectivity index (χ3n) is 4.16. The molecule has 0 aliphatic carbocycles. The van der Waals surface area contributed by atoms with Gasteiger partial charge < -0.3 is 20.9 Å². The van der Waals surface area contributed by atoms with E-state index in [1.165, 1.54) is 32.1 Å². The number of rotatable bonds is 14. The van der Waals surface area contributed by atoms with E-state index in [9.17, 15) is 4.79 Å². The second-order valence-corrected chi connectivity index (χ2v) is 6.53. The van der Waals surface area contributed by atoms with E-state index in [2.05, 4.69) is 5.32 Å². The van der Waals surface area contributed by atoms with Crippen molar-refractivity contribution in [2.75, 3.05) is 6.54 Å². The van der Waals surface area contributed by atoms with Gasteiger partial charge in [-0.05, 0) is 24.8 Å². The van der Waals surface area contributed by atoms with Gasteiger partial charge in [0, 0.05) is 6.54 Å². The van der Waals surface area contributed by atoms with Gasteiger partial charge in [-0.25, -0.2) is 4.79 Å². The highest BCUT2D eigenvalue weighted by atomic mass is 16.5. The third-order valence-corrected chi connectivity index (χ3v) is 4.16. The van der Waals surface area contributed by atoms with Gasteiger partial charge in [0.2, 0.25) is 0 Å². The number of carbonyl (C=O) groups excluding carboxylic acids is 1. The van der Waals surface area contributed by atoms with E-state index < -0.39 is 6.23 Å². The fourth-order valence-corrected chi connectivity index (χ4v) is 2.68. The molecule has 4 N–H and O–H groups in total. The Morgan fingerprint density at radius 1 is 0.960 bits per heavy atom. The molecule has 5 nitrogen and oxygen atoms in total. The maximum absolute atomic E-state index is 11.6. The summed E-state index contributed by atoms with van der Waals surface area (Å²) >= 11 is 0. The standard InChI is InChI=1S/C20H34N2O3/c21-19(23)15-11-6-4-2-1-3-5-7-12-16-22-20(24)25-17-18-13-9-8-10-14-18/h8-10,13-14,19,23H,1-7,11-12,15-17,21H2,(H,22,24). The number of benzene rings is 1. The SMILES string of the molecule is NC(O)CCCCCCCCCCCNC(=O)OCc1ccccc1. The molecular weight excluding hydrogens is 316 g/mol. The Kier molecular flexibility index (Phi) is 12.6. The molecule has 0 bridgehead atoms. The van der Waals surface area contributed by atoms with Crippen LogP contribution in [0.1, 0.15) is 69.8 Å². The maximum Gasteiger partial charge on any atom is 0.407 e. The zero-order valence-electron chi connectivity index (χ0n) is 15.3. The predicted molar refractivity (Wildman–Crippen MR) is 101 cm³/mol. The summed E-state index contributed by atoms with van der Waals surface area (Å²) in [4.78, 5) is 11.6. The number of carbonyl (C=O) groups is 1. The van der Waals surface area contributed by atoms with E-state index >= 15 is 0 Å². The Morgan fingerprint density at radius 3 is 2.12 bits per heavy atom. The van der Waals surface area contributed by atoms with Crippen LogP contribution in [0.4, 0.5) is 4.79 Å². The van der Waals surface area contributed by atoms with Crippen LogP contribution in [-0.4, -0.2) is 24.0 Å². The molecule has 0 saturated carbocycles. The third kappa shape index (κ3) is 13.4. The van der Waals surface area contributed by atoms with Crippen LogP contribution in [0, 0.1) is 0 Å². The van der Waals surface area contributed by atoms with Crippen LogP contribution in [0.3, 0.4) is 0 Å². The minimum absolute atomic E-state index is 0.316. The fourth-order valence-electron chi connectivity index (χ4n) is 2.68. The summed E-state index contributed by atoms with van der Waals surface area (Å²) in [5.74, 6) is 0. The molecule has 0 aliphatic heterocycles. The minimum Gasteiger partial charge on any atom is -0.445 e. The van der Waals surface area contributed by atoms with Crippen LogP contribution >= 0.6 is 0 Å². The smallest absolute Gasteiger partial charge is 0.407 e. The topological polar surface area (TPSA) is 84.6 Å². The van der Waals surface area contributed by atoms with Crippen LogP contribution in [0.2, 0.25) is 0 Å².